The van der Waals surface area contributed by atoms with Crippen LogP contribution in [0, 0.1) is 17.5 Å². The van der Waals surface area contributed by atoms with Crippen molar-refractivity contribution in [2.75, 3.05) is 0 Å². The first-order valence-electron chi connectivity index (χ1n) is 12.0. The third kappa shape index (κ3) is 6.20. The summed E-state index contributed by atoms with van der Waals surface area (Å²) in [4.78, 5) is 37.9. The molecule has 0 saturated heterocycles. The maximum atomic E-state index is 14.3. The van der Waals surface area contributed by atoms with E-state index in [9.17, 15) is 37.8 Å². The second-order valence-electron chi connectivity index (χ2n) is 9.17. The van der Waals surface area contributed by atoms with E-state index >= 15 is 0 Å². The molecule has 0 unspecified atom stereocenters. The van der Waals surface area contributed by atoms with E-state index in [4.69, 9.17) is 0 Å². The van der Waals surface area contributed by atoms with Crippen molar-refractivity contribution in [3.8, 4) is 0 Å². The summed E-state index contributed by atoms with van der Waals surface area (Å²) >= 11 is 0. The topological polar surface area (TPSA) is 109 Å². The van der Waals surface area contributed by atoms with Gasteiger partial charge in [-0.2, -0.15) is 0 Å². The minimum absolute atomic E-state index is 0.0995. The number of carbonyl (C=O) groups excluding carboxylic acids is 2. The van der Waals surface area contributed by atoms with E-state index in [2.05, 4.69) is 5.32 Å². The molecule has 1 saturated carbocycles. The number of ketones is 1. The van der Waals surface area contributed by atoms with Crippen LogP contribution in [0.1, 0.15) is 41.5 Å². The van der Waals surface area contributed by atoms with Crippen LogP contribution in [0.3, 0.4) is 0 Å². The number of rotatable bonds is 8. The molecule has 198 valence electrons. The Morgan fingerprint density at radius 1 is 1.03 bits per heavy atom. The third-order valence-electron chi connectivity index (χ3n) is 6.41. The van der Waals surface area contributed by atoms with Crippen LogP contribution < -0.4 is 10.9 Å². The minimum Gasteiger partial charge on any atom is -0.507 e. The van der Waals surface area contributed by atoms with Gasteiger partial charge in [0.05, 0.1) is 24.3 Å². The van der Waals surface area contributed by atoms with E-state index in [1.807, 2.05) is 0 Å². The highest BCUT2D eigenvalue weighted by molar-refractivity contribution is 6.41. The Kier molecular flexibility index (Phi) is 8.11. The number of aromatic nitrogens is 1. The van der Waals surface area contributed by atoms with E-state index in [1.54, 1.807) is 6.07 Å². The lowest BCUT2D eigenvalue weighted by atomic mass is 10.0. The monoisotopic (exact) mass is 526 g/mol. The summed E-state index contributed by atoms with van der Waals surface area (Å²) < 4.78 is 43.0. The molecule has 0 aliphatic heterocycles. The molecule has 38 heavy (non-hydrogen) atoms. The van der Waals surface area contributed by atoms with Crippen LogP contribution in [0.5, 0.6) is 0 Å². The normalized spacial score (nSPS) is 17.4. The number of halogens is 3. The van der Waals surface area contributed by atoms with Gasteiger partial charge < -0.3 is 20.1 Å². The summed E-state index contributed by atoms with van der Waals surface area (Å²) in [6.45, 7) is -0.237. The van der Waals surface area contributed by atoms with Gasteiger partial charge >= 0.3 is 0 Å². The predicted octanol–water partition coefficient (Wildman–Crippen LogP) is 3.40. The highest BCUT2D eigenvalue weighted by Gasteiger charge is 2.28. The number of aliphatic hydroxyl groups is 2. The van der Waals surface area contributed by atoms with E-state index in [-0.39, 0.29) is 29.7 Å². The molecule has 2 atom stereocenters. The van der Waals surface area contributed by atoms with Crippen molar-refractivity contribution in [1.29, 1.82) is 0 Å². The van der Waals surface area contributed by atoms with Gasteiger partial charge in [-0.05, 0) is 48.6 Å². The van der Waals surface area contributed by atoms with Gasteiger partial charge in [-0.3, -0.25) is 14.4 Å². The quantitative estimate of drug-likeness (QED) is 0.237. The Hall–Kier alpha value is -4.18. The smallest absolute Gasteiger partial charge is 0.292 e. The number of carbonyl (C=O) groups is 2. The van der Waals surface area contributed by atoms with Gasteiger partial charge in [-0.25, -0.2) is 13.2 Å². The predicted molar refractivity (Wildman–Crippen MR) is 133 cm³/mol. The summed E-state index contributed by atoms with van der Waals surface area (Å²) in [7, 11) is 0. The lowest BCUT2D eigenvalue weighted by molar-refractivity contribution is -0.136. The van der Waals surface area contributed by atoms with Crippen LogP contribution in [-0.4, -0.2) is 38.6 Å². The van der Waals surface area contributed by atoms with Gasteiger partial charge in [0.25, 0.3) is 11.5 Å². The summed E-state index contributed by atoms with van der Waals surface area (Å²) in [5.41, 5.74) is -0.595. The fraction of sp³-hybridized carbons (Fsp3) is 0.250. The van der Waals surface area contributed by atoms with Crippen molar-refractivity contribution in [2.45, 2.75) is 44.4 Å². The Bertz CT molecular complexity index is 1470. The molecule has 0 spiro atoms. The molecule has 0 bridgehead atoms. The molecule has 2 aromatic carbocycles. The molecule has 3 N–H and O–H groups in total. The summed E-state index contributed by atoms with van der Waals surface area (Å²) in [6, 6.07) is 9.40. The van der Waals surface area contributed by atoms with Gasteiger partial charge in [0.1, 0.15) is 23.2 Å². The summed E-state index contributed by atoms with van der Waals surface area (Å²) in [5, 5.41) is 22.9. The largest absolute Gasteiger partial charge is 0.507 e. The van der Waals surface area contributed by atoms with Crippen LogP contribution in [0.25, 0.3) is 5.76 Å². The lowest BCUT2D eigenvalue weighted by Crippen LogP contribution is -2.42. The first kappa shape index (κ1) is 26.9. The zero-order valence-corrected chi connectivity index (χ0v) is 20.2. The maximum absolute atomic E-state index is 14.3. The number of nitrogens with one attached hydrogen (secondary N) is 1. The molecular formula is C28H25F3N2O5. The van der Waals surface area contributed by atoms with E-state index < -0.39 is 52.6 Å². The van der Waals surface area contributed by atoms with Crippen LogP contribution in [0.4, 0.5) is 13.2 Å². The van der Waals surface area contributed by atoms with Crippen molar-refractivity contribution in [2.24, 2.45) is 0 Å². The first-order valence-corrected chi connectivity index (χ1v) is 12.0. The van der Waals surface area contributed by atoms with Gasteiger partial charge in [0.2, 0.25) is 5.78 Å². The molecule has 7 nitrogen and oxygen atoms in total. The van der Waals surface area contributed by atoms with Gasteiger partial charge in [-0.15, -0.1) is 0 Å². The van der Waals surface area contributed by atoms with Gasteiger partial charge in [0, 0.05) is 30.3 Å². The van der Waals surface area contributed by atoms with E-state index in [1.165, 1.54) is 36.5 Å². The van der Waals surface area contributed by atoms with E-state index in [0.29, 0.717) is 37.0 Å². The zero-order chi connectivity index (χ0) is 27.4. The summed E-state index contributed by atoms with van der Waals surface area (Å²) in [5.74, 6) is -5.17. The number of hydrogen-bond donors (Lipinski definition) is 3. The van der Waals surface area contributed by atoms with Crippen LogP contribution in [0.15, 0.2) is 65.6 Å². The molecule has 1 aromatic heterocycles. The Morgan fingerprint density at radius 2 is 1.79 bits per heavy atom. The third-order valence-corrected chi connectivity index (χ3v) is 6.41. The number of benzene rings is 2. The average molecular weight is 527 g/mol. The molecule has 1 fully saturated rings. The molecule has 1 aliphatic rings. The maximum Gasteiger partial charge on any atom is 0.292 e. The number of aliphatic hydroxyl groups excluding tert-OH is 2. The lowest BCUT2D eigenvalue weighted by Gasteiger charge is -2.15. The highest BCUT2D eigenvalue weighted by Crippen LogP contribution is 2.20. The number of nitrogens with zero attached hydrogens (tertiary/aromatic N) is 1. The summed E-state index contributed by atoms with van der Waals surface area (Å²) in [6.07, 6.45) is 2.72. The number of amides is 1. The average Bonchev–Trinajstić information content (AvgIpc) is 3.27. The van der Waals surface area contributed by atoms with Crippen molar-refractivity contribution < 1.29 is 33.0 Å². The van der Waals surface area contributed by atoms with Crippen LogP contribution in [-0.2, 0) is 22.6 Å². The SMILES string of the molecule is O=C(C=C(O)c1cc(Cc2ccc(F)cc2F)cn(Cc2ccccc2F)c1=O)C(=O)N[C@@H]1CCC[C@H]1O. The Morgan fingerprint density at radius 3 is 2.47 bits per heavy atom. The highest BCUT2D eigenvalue weighted by atomic mass is 19.1. The van der Waals surface area contributed by atoms with Crippen LogP contribution >= 0.6 is 0 Å². The molecule has 1 heterocycles. The molecular weight excluding hydrogens is 501 g/mol. The van der Waals surface area contributed by atoms with Crippen molar-refractivity contribution in [1.82, 2.24) is 9.88 Å². The van der Waals surface area contributed by atoms with Crippen LogP contribution in [0.2, 0.25) is 0 Å². The fourth-order valence-electron chi connectivity index (χ4n) is 4.41. The first-order chi connectivity index (χ1) is 18.1. The molecule has 3 aromatic rings. The van der Waals surface area contributed by atoms with Crippen molar-refractivity contribution in [3.63, 3.8) is 0 Å². The number of hydrogen-bond acceptors (Lipinski definition) is 5. The minimum atomic E-state index is -1.14. The molecule has 0 radical (unpaired) electrons. The molecule has 1 aliphatic carbocycles. The Balaban J connectivity index is 1.69. The standard InChI is InChI=1S/C28H25F3N2O5/c29-19-9-8-17(22(31)12-19)10-16-11-20(28(38)33(14-16)15-18-4-1-2-5-21(18)30)25(35)13-26(36)27(37)32-23-6-3-7-24(23)34/h1-2,4-5,8-9,11-14,23-24,34-35H,3,6-7,10,15H2,(H,32,37)/t23-,24-/m1/s1. The second kappa shape index (κ2) is 11.5. The van der Waals surface area contributed by atoms with E-state index in [0.717, 1.165) is 10.6 Å². The molecule has 1 amide bonds. The molecule has 10 heteroatoms. The van der Waals surface area contributed by atoms with Gasteiger partial charge in [-0.1, -0.05) is 24.3 Å². The second-order valence-corrected chi connectivity index (χ2v) is 9.17. The number of pyridine rings is 1. The molecule has 4 rings (SSSR count). The zero-order valence-electron chi connectivity index (χ0n) is 20.2. The Labute approximate surface area is 215 Å². The van der Waals surface area contributed by atoms with Crippen molar-refractivity contribution in [3.05, 3.63) is 111 Å². The fourth-order valence-corrected chi connectivity index (χ4v) is 4.41. The van der Waals surface area contributed by atoms with Gasteiger partial charge in [0.15, 0.2) is 0 Å². The van der Waals surface area contributed by atoms with Crippen molar-refractivity contribution >= 4 is 17.4 Å².